The third kappa shape index (κ3) is 1.80. The van der Waals surface area contributed by atoms with Crippen LogP contribution in [0.5, 0.6) is 0 Å². The summed E-state index contributed by atoms with van der Waals surface area (Å²) >= 11 is 0. The lowest BCUT2D eigenvalue weighted by Crippen LogP contribution is -2.11. The van der Waals surface area contributed by atoms with E-state index in [9.17, 15) is 17.6 Å². The van der Waals surface area contributed by atoms with Gasteiger partial charge >= 0.3 is 5.97 Å². The number of hydrogen-bond donors (Lipinski definition) is 1. The summed E-state index contributed by atoms with van der Waals surface area (Å²) < 4.78 is 36.9. The molecule has 0 aliphatic heterocycles. The molecular weight excluding hydrogens is 235 g/mol. The molecule has 1 aromatic carbocycles. The molecular formula is C10H9FO4S. The van der Waals surface area contributed by atoms with Gasteiger partial charge in [0, 0.05) is 0 Å². The zero-order valence-corrected chi connectivity index (χ0v) is 9.00. The summed E-state index contributed by atoms with van der Waals surface area (Å²) in [5.74, 6) is -2.16. The molecule has 0 amide bonds. The van der Waals surface area contributed by atoms with Gasteiger partial charge in [0.2, 0.25) is 0 Å². The molecule has 0 spiro atoms. The predicted molar refractivity (Wildman–Crippen MR) is 53.6 cm³/mol. The molecule has 0 heterocycles. The Morgan fingerprint density at radius 2 is 2.00 bits per heavy atom. The second-order valence-electron chi connectivity index (χ2n) is 3.69. The molecule has 0 aromatic heterocycles. The van der Waals surface area contributed by atoms with Crippen LogP contribution in [0.2, 0.25) is 0 Å². The Labute approximate surface area is 91.6 Å². The summed E-state index contributed by atoms with van der Waals surface area (Å²) in [6.07, 6.45) is 1.03. The van der Waals surface area contributed by atoms with Gasteiger partial charge < -0.3 is 5.11 Å². The fraction of sp³-hybridized carbons (Fsp3) is 0.300. The maximum atomic E-state index is 13.3. The van der Waals surface area contributed by atoms with E-state index >= 15 is 0 Å². The van der Waals surface area contributed by atoms with Crippen LogP contribution in [0.4, 0.5) is 4.39 Å². The quantitative estimate of drug-likeness (QED) is 0.873. The lowest BCUT2D eigenvalue weighted by atomic mass is 10.2. The van der Waals surface area contributed by atoms with Crippen molar-refractivity contribution in [2.24, 2.45) is 0 Å². The summed E-state index contributed by atoms with van der Waals surface area (Å²) in [5.41, 5.74) is -0.222. The molecule has 86 valence electrons. The van der Waals surface area contributed by atoms with Gasteiger partial charge in [-0.3, -0.25) is 0 Å². The normalized spacial score (nSPS) is 16.1. The van der Waals surface area contributed by atoms with Gasteiger partial charge in [0.25, 0.3) is 0 Å². The van der Waals surface area contributed by atoms with E-state index < -0.39 is 31.8 Å². The van der Waals surface area contributed by atoms with Crippen molar-refractivity contribution in [3.05, 3.63) is 29.6 Å². The molecule has 1 N–H and O–H groups in total. The van der Waals surface area contributed by atoms with E-state index in [0.29, 0.717) is 12.8 Å². The van der Waals surface area contributed by atoms with Gasteiger partial charge in [-0.2, -0.15) is 0 Å². The van der Waals surface area contributed by atoms with E-state index in [1.807, 2.05) is 0 Å². The van der Waals surface area contributed by atoms with Gasteiger partial charge in [-0.15, -0.1) is 0 Å². The van der Waals surface area contributed by atoms with E-state index in [1.165, 1.54) is 0 Å². The minimum atomic E-state index is -3.69. The molecule has 1 aliphatic rings. The Morgan fingerprint density at radius 3 is 2.50 bits per heavy atom. The molecule has 16 heavy (non-hydrogen) atoms. The standard InChI is InChI=1S/C10H9FO4S/c11-8-4-1-6(10(12)13)5-9(8)16(14,15)7-2-3-7/h1,4-5,7H,2-3H2,(H,12,13). The van der Waals surface area contributed by atoms with Gasteiger partial charge in [-0.25, -0.2) is 17.6 Å². The van der Waals surface area contributed by atoms with E-state index in [0.717, 1.165) is 18.2 Å². The first kappa shape index (κ1) is 11.1. The Bertz CT molecular complexity index is 546. The van der Waals surface area contributed by atoms with Crippen LogP contribution < -0.4 is 0 Å². The average molecular weight is 244 g/mol. The Hall–Kier alpha value is -1.43. The number of hydrogen-bond acceptors (Lipinski definition) is 3. The maximum absolute atomic E-state index is 13.3. The van der Waals surface area contributed by atoms with Crippen molar-refractivity contribution in [3.63, 3.8) is 0 Å². The highest BCUT2D eigenvalue weighted by Crippen LogP contribution is 2.34. The highest BCUT2D eigenvalue weighted by Gasteiger charge is 2.38. The minimum absolute atomic E-state index is 0.222. The summed E-state index contributed by atoms with van der Waals surface area (Å²) in [4.78, 5) is 10.2. The molecule has 4 nitrogen and oxygen atoms in total. The number of aromatic carboxylic acids is 1. The molecule has 0 bridgehead atoms. The second-order valence-corrected chi connectivity index (χ2v) is 5.89. The highest BCUT2D eigenvalue weighted by molar-refractivity contribution is 7.92. The van der Waals surface area contributed by atoms with Crippen LogP contribution in [-0.2, 0) is 9.84 Å². The lowest BCUT2D eigenvalue weighted by Gasteiger charge is -2.05. The number of benzene rings is 1. The first-order valence-electron chi connectivity index (χ1n) is 4.69. The van der Waals surface area contributed by atoms with E-state index in [-0.39, 0.29) is 5.56 Å². The Balaban J connectivity index is 2.55. The number of carboxylic acids is 1. The number of rotatable bonds is 3. The molecule has 1 fully saturated rings. The second kappa shape index (κ2) is 3.55. The number of sulfone groups is 1. The van der Waals surface area contributed by atoms with Crippen LogP contribution in [-0.4, -0.2) is 24.7 Å². The van der Waals surface area contributed by atoms with Crippen LogP contribution in [0.1, 0.15) is 23.2 Å². The van der Waals surface area contributed by atoms with Crippen LogP contribution >= 0.6 is 0 Å². The van der Waals surface area contributed by atoms with E-state index in [1.54, 1.807) is 0 Å². The van der Waals surface area contributed by atoms with Crippen molar-refractivity contribution in [3.8, 4) is 0 Å². The van der Waals surface area contributed by atoms with Gasteiger partial charge in [0.1, 0.15) is 10.7 Å². The lowest BCUT2D eigenvalue weighted by molar-refractivity contribution is 0.0696. The third-order valence-electron chi connectivity index (χ3n) is 2.45. The summed E-state index contributed by atoms with van der Waals surface area (Å²) in [6.45, 7) is 0. The van der Waals surface area contributed by atoms with Gasteiger partial charge in [0.15, 0.2) is 9.84 Å². The van der Waals surface area contributed by atoms with Crippen molar-refractivity contribution in [1.29, 1.82) is 0 Å². The van der Waals surface area contributed by atoms with Crippen molar-refractivity contribution in [1.82, 2.24) is 0 Å². The molecule has 0 atom stereocenters. The number of carbonyl (C=O) groups is 1. The molecule has 2 rings (SSSR count). The van der Waals surface area contributed by atoms with Gasteiger partial charge in [-0.05, 0) is 31.0 Å². The third-order valence-corrected chi connectivity index (χ3v) is 4.72. The van der Waals surface area contributed by atoms with Gasteiger partial charge in [0.05, 0.1) is 10.8 Å². The van der Waals surface area contributed by atoms with Crippen LogP contribution in [0.15, 0.2) is 23.1 Å². The van der Waals surface area contributed by atoms with Crippen LogP contribution in [0, 0.1) is 5.82 Å². The molecule has 1 aliphatic carbocycles. The predicted octanol–water partition coefficient (Wildman–Crippen LogP) is 1.46. The maximum Gasteiger partial charge on any atom is 0.335 e. The minimum Gasteiger partial charge on any atom is -0.478 e. The highest BCUT2D eigenvalue weighted by atomic mass is 32.2. The first-order valence-corrected chi connectivity index (χ1v) is 6.24. The van der Waals surface area contributed by atoms with Gasteiger partial charge in [-0.1, -0.05) is 0 Å². The van der Waals surface area contributed by atoms with Crippen molar-refractivity contribution in [2.45, 2.75) is 23.0 Å². The Morgan fingerprint density at radius 1 is 1.38 bits per heavy atom. The number of halogens is 1. The van der Waals surface area contributed by atoms with Crippen LogP contribution in [0.3, 0.4) is 0 Å². The fourth-order valence-electron chi connectivity index (χ4n) is 1.41. The topological polar surface area (TPSA) is 71.4 Å². The molecule has 0 radical (unpaired) electrons. The summed E-state index contributed by atoms with van der Waals surface area (Å²) in [5, 5.41) is 8.15. The van der Waals surface area contributed by atoms with E-state index in [4.69, 9.17) is 5.11 Å². The molecule has 0 saturated heterocycles. The molecule has 1 saturated carbocycles. The average Bonchev–Trinajstić information content (AvgIpc) is 3.00. The molecule has 1 aromatic rings. The first-order chi connectivity index (χ1) is 7.43. The summed E-state index contributed by atoms with van der Waals surface area (Å²) in [6, 6.07) is 2.80. The van der Waals surface area contributed by atoms with Crippen LogP contribution in [0.25, 0.3) is 0 Å². The largest absolute Gasteiger partial charge is 0.478 e. The Kier molecular flexibility index (Phi) is 2.46. The molecule has 0 unspecified atom stereocenters. The van der Waals surface area contributed by atoms with E-state index in [2.05, 4.69) is 0 Å². The zero-order valence-electron chi connectivity index (χ0n) is 8.18. The van der Waals surface area contributed by atoms with Crippen molar-refractivity contribution < 1.29 is 22.7 Å². The van der Waals surface area contributed by atoms with Crippen molar-refractivity contribution in [2.75, 3.05) is 0 Å². The SMILES string of the molecule is O=C(O)c1ccc(F)c(S(=O)(=O)C2CC2)c1. The zero-order chi connectivity index (χ0) is 11.9. The fourth-order valence-corrected chi connectivity index (χ4v) is 3.16. The monoisotopic (exact) mass is 244 g/mol. The van der Waals surface area contributed by atoms with Crippen molar-refractivity contribution >= 4 is 15.8 Å². The molecule has 6 heteroatoms. The smallest absolute Gasteiger partial charge is 0.335 e. The number of carboxylic acid groups (broad SMARTS) is 1. The summed E-state index contributed by atoms with van der Waals surface area (Å²) in [7, 11) is -3.69.